The molecule has 2 nitrogen and oxygen atoms in total. The minimum absolute atomic E-state index is 0.323. The van der Waals surface area contributed by atoms with Crippen LogP contribution < -0.4 is 4.52 Å². The maximum Gasteiger partial charge on any atom is 0.395 e. The Bertz CT molecular complexity index is 437. The normalized spacial score (nSPS) is 10.1. The van der Waals surface area contributed by atoms with Crippen LogP contribution in [0.4, 0.5) is 0 Å². The highest BCUT2D eigenvalue weighted by Crippen LogP contribution is 2.23. The van der Waals surface area contributed by atoms with E-state index in [1.165, 1.54) is 0 Å². The molecule has 2 aromatic rings. The van der Waals surface area contributed by atoms with Crippen molar-refractivity contribution in [1.82, 2.24) is 0 Å². The molecule has 0 saturated carbocycles. The predicted octanol–water partition coefficient (Wildman–Crippen LogP) is 3.94. The summed E-state index contributed by atoms with van der Waals surface area (Å²) < 4.78 is 15.0. The van der Waals surface area contributed by atoms with Crippen LogP contribution in [0.5, 0.6) is 5.75 Å². The van der Waals surface area contributed by atoms with Gasteiger partial charge in [0.15, 0.2) is 0 Å². The van der Waals surface area contributed by atoms with E-state index in [-0.39, 0.29) is 8.69 Å². The van der Waals surface area contributed by atoms with E-state index in [1.807, 2.05) is 42.5 Å². The maximum absolute atomic E-state index is 10.2. The van der Waals surface area contributed by atoms with Crippen molar-refractivity contribution < 1.29 is 9.09 Å². The Morgan fingerprint density at radius 3 is 2.00 bits per heavy atom. The SMILES string of the molecule is O=POc1ccc(-c2ccccc2)cc1. The first-order valence-electron chi connectivity index (χ1n) is 4.55. The largest absolute Gasteiger partial charge is 0.408 e. The number of rotatable bonds is 3. The average Bonchev–Trinajstić information content (AvgIpc) is 2.32. The molecule has 2 rings (SSSR count). The molecule has 0 heterocycles. The van der Waals surface area contributed by atoms with Crippen molar-refractivity contribution in [3.63, 3.8) is 0 Å². The molecule has 2 aromatic carbocycles. The summed E-state index contributed by atoms with van der Waals surface area (Å²) in [5, 5.41) is 0. The van der Waals surface area contributed by atoms with Gasteiger partial charge in [-0.15, -0.1) is 0 Å². The van der Waals surface area contributed by atoms with Crippen LogP contribution in [-0.2, 0) is 4.57 Å². The second-order valence-electron chi connectivity index (χ2n) is 3.06. The molecular formula is C12H9O2P. The first-order valence-corrected chi connectivity index (χ1v) is 5.28. The van der Waals surface area contributed by atoms with E-state index < -0.39 is 0 Å². The van der Waals surface area contributed by atoms with Crippen LogP contribution >= 0.6 is 8.69 Å². The third-order valence-corrected chi connectivity index (χ3v) is 2.39. The molecule has 74 valence electrons. The molecule has 3 heteroatoms. The summed E-state index contributed by atoms with van der Waals surface area (Å²) >= 11 is 0. The fourth-order valence-corrected chi connectivity index (χ4v) is 1.59. The van der Waals surface area contributed by atoms with Crippen molar-refractivity contribution in [2.75, 3.05) is 0 Å². The topological polar surface area (TPSA) is 26.3 Å². The van der Waals surface area contributed by atoms with Crippen molar-refractivity contribution in [3.05, 3.63) is 54.6 Å². The van der Waals surface area contributed by atoms with Gasteiger partial charge in [0.05, 0.1) is 0 Å². The standard InChI is InChI=1S/C12H9O2P/c13-15-14-12-8-6-11(7-9-12)10-4-2-1-3-5-10/h1-9H. The van der Waals surface area contributed by atoms with Gasteiger partial charge in [0.1, 0.15) is 5.75 Å². The zero-order chi connectivity index (χ0) is 10.5. The summed E-state index contributed by atoms with van der Waals surface area (Å²) in [6.07, 6.45) is 0. The molecule has 15 heavy (non-hydrogen) atoms. The third-order valence-electron chi connectivity index (χ3n) is 2.10. The third kappa shape index (κ3) is 2.42. The number of hydrogen-bond acceptors (Lipinski definition) is 2. The zero-order valence-corrected chi connectivity index (χ0v) is 8.85. The zero-order valence-electron chi connectivity index (χ0n) is 7.96. The van der Waals surface area contributed by atoms with Gasteiger partial charge in [0.25, 0.3) is 0 Å². The van der Waals surface area contributed by atoms with Crippen molar-refractivity contribution in [1.29, 1.82) is 0 Å². The molecule has 0 fully saturated rings. The van der Waals surface area contributed by atoms with Crippen LogP contribution in [-0.4, -0.2) is 0 Å². The van der Waals surface area contributed by atoms with E-state index in [0.717, 1.165) is 11.1 Å². The first kappa shape index (κ1) is 9.88. The molecule has 0 N–H and O–H groups in total. The van der Waals surface area contributed by atoms with Crippen LogP contribution in [0.2, 0.25) is 0 Å². The Kier molecular flexibility index (Phi) is 3.11. The van der Waals surface area contributed by atoms with E-state index in [9.17, 15) is 4.57 Å². The van der Waals surface area contributed by atoms with Crippen LogP contribution in [0.25, 0.3) is 11.1 Å². The lowest BCUT2D eigenvalue weighted by Crippen LogP contribution is -1.78. The van der Waals surface area contributed by atoms with Gasteiger partial charge in [-0.05, 0) is 23.3 Å². The van der Waals surface area contributed by atoms with Gasteiger partial charge in [-0.1, -0.05) is 42.5 Å². The summed E-state index contributed by atoms with van der Waals surface area (Å²) in [7, 11) is -0.323. The molecule has 0 spiro atoms. The summed E-state index contributed by atoms with van der Waals surface area (Å²) in [5.74, 6) is 0.603. The highest BCUT2D eigenvalue weighted by Gasteiger charge is 1.97. The second kappa shape index (κ2) is 4.72. The molecule has 0 aliphatic carbocycles. The molecule has 0 saturated heterocycles. The predicted molar refractivity (Wildman–Crippen MR) is 60.1 cm³/mol. The summed E-state index contributed by atoms with van der Waals surface area (Å²) in [4.78, 5) is 0. The van der Waals surface area contributed by atoms with Gasteiger partial charge < -0.3 is 4.52 Å². The van der Waals surface area contributed by atoms with Gasteiger partial charge in [-0.3, -0.25) is 0 Å². The van der Waals surface area contributed by atoms with E-state index in [2.05, 4.69) is 0 Å². The Morgan fingerprint density at radius 1 is 0.800 bits per heavy atom. The molecule has 0 aliphatic heterocycles. The maximum atomic E-state index is 10.2. The summed E-state index contributed by atoms with van der Waals surface area (Å²) in [6, 6.07) is 17.5. The Balaban J connectivity index is 2.28. The van der Waals surface area contributed by atoms with Crippen molar-refractivity contribution in [2.24, 2.45) is 0 Å². The molecule has 0 radical (unpaired) electrons. The highest BCUT2D eigenvalue weighted by molar-refractivity contribution is 7.17. The molecule has 0 aromatic heterocycles. The van der Waals surface area contributed by atoms with E-state index >= 15 is 0 Å². The average molecular weight is 216 g/mol. The molecule has 0 atom stereocenters. The van der Waals surface area contributed by atoms with Gasteiger partial charge >= 0.3 is 8.69 Å². The quantitative estimate of drug-likeness (QED) is 0.726. The van der Waals surface area contributed by atoms with Crippen LogP contribution in [0.1, 0.15) is 0 Å². The second-order valence-corrected chi connectivity index (χ2v) is 3.39. The van der Waals surface area contributed by atoms with Gasteiger partial charge in [0.2, 0.25) is 0 Å². The summed E-state index contributed by atoms with van der Waals surface area (Å²) in [6.45, 7) is 0. The Morgan fingerprint density at radius 2 is 1.40 bits per heavy atom. The van der Waals surface area contributed by atoms with Gasteiger partial charge in [0, 0.05) is 0 Å². The van der Waals surface area contributed by atoms with E-state index in [0.29, 0.717) is 5.75 Å². The lowest BCUT2D eigenvalue weighted by molar-refractivity contribution is 0.525. The van der Waals surface area contributed by atoms with Gasteiger partial charge in [-0.25, -0.2) is 4.57 Å². The van der Waals surface area contributed by atoms with Crippen LogP contribution in [0.3, 0.4) is 0 Å². The fourth-order valence-electron chi connectivity index (χ4n) is 1.38. The fraction of sp³-hybridized carbons (Fsp3) is 0. The molecule has 0 aliphatic rings. The minimum Gasteiger partial charge on any atom is -0.408 e. The van der Waals surface area contributed by atoms with Crippen LogP contribution in [0.15, 0.2) is 54.6 Å². The van der Waals surface area contributed by atoms with Gasteiger partial charge in [-0.2, -0.15) is 0 Å². The van der Waals surface area contributed by atoms with E-state index in [1.54, 1.807) is 12.1 Å². The molecule has 0 amide bonds. The van der Waals surface area contributed by atoms with Crippen molar-refractivity contribution in [2.45, 2.75) is 0 Å². The van der Waals surface area contributed by atoms with Crippen molar-refractivity contribution >= 4 is 8.69 Å². The number of hydrogen-bond donors (Lipinski definition) is 0. The van der Waals surface area contributed by atoms with Crippen LogP contribution in [0, 0.1) is 0 Å². The first-order chi connectivity index (χ1) is 7.40. The van der Waals surface area contributed by atoms with Crippen molar-refractivity contribution in [3.8, 4) is 16.9 Å². The summed E-state index contributed by atoms with van der Waals surface area (Å²) in [5.41, 5.74) is 2.27. The minimum atomic E-state index is -0.323. The highest BCUT2D eigenvalue weighted by atomic mass is 31.1. The lowest BCUT2D eigenvalue weighted by Gasteiger charge is -2.01. The molecule has 0 bridgehead atoms. The molecule has 0 unspecified atom stereocenters. The number of benzene rings is 2. The smallest absolute Gasteiger partial charge is 0.395 e. The van der Waals surface area contributed by atoms with E-state index in [4.69, 9.17) is 4.52 Å². The Labute approximate surface area is 89.8 Å². The molecular weight excluding hydrogens is 207 g/mol. The lowest BCUT2D eigenvalue weighted by atomic mass is 10.1. The monoisotopic (exact) mass is 216 g/mol. The Hall–Kier alpha value is -1.66.